The number of aliphatic hydroxyl groups is 1. The van der Waals surface area contributed by atoms with E-state index in [4.69, 9.17) is 10.2 Å². The minimum atomic E-state index is -0.641. The van der Waals surface area contributed by atoms with Crippen LogP contribution in [0.5, 0.6) is 6.01 Å². The fourth-order valence-electron chi connectivity index (χ4n) is 1.09. The molecule has 0 radical (unpaired) electrons. The fraction of sp³-hybridized carbons (Fsp3) is 0.500. The van der Waals surface area contributed by atoms with Crippen LogP contribution in [0.15, 0.2) is 0 Å². The third-order valence-electron chi connectivity index (χ3n) is 1.58. The van der Waals surface area contributed by atoms with Crippen molar-refractivity contribution in [1.29, 1.82) is 0 Å². The highest BCUT2D eigenvalue weighted by atomic mass is 16.6. The van der Waals surface area contributed by atoms with Crippen molar-refractivity contribution in [2.24, 2.45) is 0 Å². The number of hydrogen-bond acceptors (Lipinski definition) is 5. The van der Waals surface area contributed by atoms with Gasteiger partial charge in [-0.1, -0.05) is 0 Å². The zero-order chi connectivity index (χ0) is 10.0. The summed E-state index contributed by atoms with van der Waals surface area (Å²) in [5.41, 5.74) is 0.135. The molecular weight excluding hydrogens is 178 g/mol. The van der Waals surface area contributed by atoms with Gasteiger partial charge in [-0.2, -0.15) is 9.55 Å². The fourth-order valence-corrected chi connectivity index (χ4v) is 1.09. The van der Waals surface area contributed by atoms with Crippen molar-refractivity contribution in [3.8, 4) is 6.01 Å². The predicted octanol–water partition coefficient (Wildman–Crippen LogP) is -0.202. The van der Waals surface area contributed by atoms with Crippen molar-refractivity contribution >= 4 is 5.82 Å². The summed E-state index contributed by atoms with van der Waals surface area (Å²) >= 11 is 0. The molecule has 0 spiro atoms. The van der Waals surface area contributed by atoms with E-state index in [9.17, 15) is 10.1 Å². The summed E-state index contributed by atoms with van der Waals surface area (Å²) < 4.78 is 0.954. The molecular formula is C6H9N3O4. The highest BCUT2D eigenvalue weighted by Gasteiger charge is 2.23. The van der Waals surface area contributed by atoms with Crippen molar-refractivity contribution in [1.82, 2.24) is 9.55 Å². The molecule has 0 saturated carbocycles. The molecule has 0 fully saturated rings. The number of aromatic nitrogens is 2. The van der Waals surface area contributed by atoms with Crippen molar-refractivity contribution in [2.75, 3.05) is 6.61 Å². The Kier molecular flexibility index (Phi) is 2.47. The van der Waals surface area contributed by atoms with E-state index < -0.39 is 10.9 Å². The van der Waals surface area contributed by atoms with Gasteiger partial charge in [-0.3, -0.25) is 0 Å². The second kappa shape index (κ2) is 3.40. The van der Waals surface area contributed by atoms with Crippen LogP contribution in [0.25, 0.3) is 0 Å². The van der Waals surface area contributed by atoms with E-state index in [0.717, 1.165) is 4.57 Å². The normalized spacial score (nSPS) is 10.3. The van der Waals surface area contributed by atoms with Crippen molar-refractivity contribution in [3.63, 3.8) is 0 Å². The van der Waals surface area contributed by atoms with Gasteiger partial charge in [0.15, 0.2) is 0 Å². The molecule has 1 aromatic heterocycles. The molecule has 1 heterocycles. The number of rotatable bonds is 3. The van der Waals surface area contributed by atoms with Crippen LogP contribution < -0.4 is 0 Å². The molecule has 7 nitrogen and oxygen atoms in total. The molecule has 72 valence electrons. The molecule has 0 amide bonds. The molecule has 0 aliphatic rings. The van der Waals surface area contributed by atoms with E-state index in [1.807, 2.05) is 0 Å². The van der Waals surface area contributed by atoms with Gasteiger partial charge in [0, 0.05) is 0 Å². The monoisotopic (exact) mass is 187 g/mol. The molecule has 1 aromatic rings. The smallest absolute Gasteiger partial charge is 0.388 e. The first-order chi connectivity index (χ1) is 6.07. The number of aromatic hydroxyl groups is 1. The molecule has 13 heavy (non-hydrogen) atoms. The van der Waals surface area contributed by atoms with E-state index >= 15 is 0 Å². The summed E-state index contributed by atoms with van der Waals surface area (Å²) in [5, 5.41) is 28.2. The summed E-state index contributed by atoms with van der Waals surface area (Å²) in [4.78, 5) is 13.4. The number of aryl methyl sites for hydroxylation is 1. The van der Waals surface area contributed by atoms with E-state index in [-0.39, 0.29) is 24.7 Å². The highest BCUT2D eigenvalue weighted by molar-refractivity contribution is 5.31. The molecule has 7 heteroatoms. The van der Waals surface area contributed by atoms with Crippen molar-refractivity contribution in [2.45, 2.75) is 13.5 Å². The Morgan fingerprint density at radius 2 is 2.31 bits per heavy atom. The Morgan fingerprint density at radius 1 is 1.69 bits per heavy atom. The summed E-state index contributed by atoms with van der Waals surface area (Å²) in [5.74, 6) is -0.286. The SMILES string of the molecule is Cc1nc(O)n(CCO)c1[N+](=O)[O-]. The van der Waals surface area contributed by atoms with Gasteiger partial charge in [0.25, 0.3) is 0 Å². The van der Waals surface area contributed by atoms with Crippen LogP contribution in [0.4, 0.5) is 5.82 Å². The predicted molar refractivity (Wildman–Crippen MR) is 42.4 cm³/mol. The Morgan fingerprint density at radius 3 is 2.77 bits per heavy atom. The van der Waals surface area contributed by atoms with Gasteiger partial charge in [0.1, 0.15) is 12.2 Å². The average molecular weight is 187 g/mol. The molecule has 1 rings (SSSR count). The largest absolute Gasteiger partial charge is 0.463 e. The van der Waals surface area contributed by atoms with E-state index in [1.165, 1.54) is 6.92 Å². The maximum atomic E-state index is 10.5. The first-order valence-electron chi connectivity index (χ1n) is 3.59. The lowest BCUT2D eigenvalue weighted by molar-refractivity contribution is -0.392. The molecule has 0 saturated heterocycles. The molecule has 0 aliphatic carbocycles. The minimum Gasteiger partial charge on any atom is -0.463 e. The highest BCUT2D eigenvalue weighted by Crippen LogP contribution is 2.22. The summed E-state index contributed by atoms with van der Waals surface area (Å²) in [6.07, 6.45) is 0. The Labute approximate surface area is 73.4 Å². The molecule has 0 atom stereocenters. The molecule has 0 unspecified atom stereocenters. The molecule has 0 bridgehead atoms. The van der Waals surface area contributed by atoms with Gasteiger partial charge in [-0.25, -0.2) is 0 Å². The van der Waals surface area contributed by atoms with Gasteiger partial charge in [0.05, 0.1) is 6.61 Å². The molecule has 2 N–H and O–H groups in total. The number of hydrogen-bond donors (Lipinski definition) is 2. The number of nitrogens with zero attached hydrogens (tertiary/aromatic N) is 3. The van der Waals surface area contributed by atoms with Crippen LogP contribution in [0.3, 0.4) is 0 Å². The van der Waals surface area contributed by atoms with Gasteiger partial charge in [-0.05, 0) is 11.8 Å². The van der Waals surface area contributed by atoms with Crippen LogP contribution in [0.1, 0.15) is 5.69 Å². The van der Waals surface area contributed by atoms with Gasteiger partial charge in [-0.15, -0.1) is 0 Å². The topological polar surface area (TPSA) is 101 Å². The lowest BCUT2D eigenvalue weighted by Gasteiger charge is -1.98. The van der Waals surface area contributed by atoms with E-state index in [2.05, 4.69) is 4.98 Å². The maximum Gasteiger partial charge on any atom is 0.388 e. The van der Waals surface area contributed by atoms with Gasteiger partial charge < -0.3 is 20.3 Å². The standard InChI is InChI=1S/C6H9N3O4/c1-4-5(9(12)13)8(2-3-10)6(11)7-4/h10H,2-3H2,1H3,(H,7,11). The lowest BCUT2D eigenvalue weighted by Crippen LogP contribution is -2.06. The van der Waals surface area contributed by atoms with E-state index in [1.54, 1.807) is 0 Å². The first-order valence-corrected chi connectivity index (χ1v) is 3.59. The average Bonchev–Trinajstić information content (AvgIpc) is 2.27. The Bertz CT molecular complexity index is 333. The minimum absolute atomic E-state index is 0.0387. The van der Waals surface area contributed by atoms with Crippen molar-refractivity contribution in [3.05, 3.63) is 15.8 Å². The number of nitro groups is 1. The second-order valence-electron chi connectivity index (χ2n) is 2.45. The Balaban J connectivity index is 3.20. The third-order valence-corrected chi connectivity index (χ3v) is 1.58. The quantitative estimate of drug-likeness (QED) is 0.504. The zero-order valence-corrected chi connectivity index (χ0v) is 6.97. The van der Waals surface area contributed by atoms with Crippen LogP contribution in [0.2, 0.25) is 0 Å². The summed E-state index contributed by atoms with van der Waals surface area (Å²) in [7, 11) is 0. The van der Waals surface area contributed by atoms with Crippen LogP contribution in [-0.2, 0) is 6.54 Å². The molecule has 0 aliphatic heterocycles. The first kappa shape index (κ1) is 9.46. The summed E-state index contributed by atoms with van der Waals surface area (Å²) in [6, 6.07) is -0.446. The van der Waals surface area contributed by atoms with Crippen LogP contribution >= 0.6 is 0 Å². The maximum absolute atomic E-state index is 10.5. The second-order valence-corrected chi connectivity index (χ2v) is 2.45. The van der Waals surface area contributed by atoms with Gasteiger partial charge >= 0.3 is 11.8 Å². The Hall–Kier alpha value is -1.63. The lowest BCUT2D eigenvalue weighted by atomic mass is 10.5. The third kappa shape index (κ3) is 1.59. The molecule has 0 aromatic carbocycles. The number of aliphatic hydroxyl groups excluding tert-OH is 1. The van der Waals surface area contributed by atoms with Gasteiger partial charge in [0.2, 0.25) is 0 Å². The van der Waals surface area contributed by atoms with Crippen LogP contribution in [-0.4, -0.2) is 31.3 Å². The number of imidazole rings is 1. The van der Waals surface area contributed by atoms with Crippen LogP contribution in [0, 0.1) is 17.0 Å². The van der Waals surface area contributed by atoms with E-state index in [0.29, 0.717) is 0 Å². The van der Waals surface area contributed by atoms with Crippen molar-refractivity contribution < 1.29 is 15.1 Å². The summed E-state index contributed by atoms with van der Waals surface area (Å²) in [6.45, 7) is 1.10. The zero-order valence-electron chi connectivity index (χ0n) is 6.97.